The van der Waals surface area contributed by atoms with Crippen molar-refractivity contribution in [3.63, 3.8) is 0 Å². The van der Waals surface area contributed by atoms with Crippen molar-refractivity contribution in [2.75, 3.05) is 0 Å². The first-order valence-corrected chi connectivity index (χ1v) is 6.36. The Morgan fingerprint density at radius 2 is 2.16 bits per heavy atom. The molecular formula is C13H11BrFN3O. The van der Waals surface area contributed by atoms with E-state index < -0.39 is 5.82 Å². The summed E-state index contributed by atoms with van der Waals surface area (Å²) in [5.74, 6) is -0.693. The number of aryl methyl sites for hydroxylation is 1. The predicted molar refractivity (Wildman–Crippen MR) is 72.0 cm³/mol. The number of carbonyl (C=O) groups excluding carboxylic acids is 1. The number of hydrogen-bond acceptors (Lipinski definition) is 3. The van der Waals surface area contributed by atoms with Crippen LogP contribution < -0.4 is 5.32 Å². The molecule has 4 nitrogen and oxygen atoms in total. The van der Waals surface area contributed by atoms with E-state index in [2.05, 4.69) is 31.2 Å². The molecule has 98 valence electrons. The third-order valence-electron chi connectivity index (χ3n) is 2.44. The number of rotatable bonds is 3. The van der Waals surface area contributed by atoms with Gasteiger partial charge in [0.25, 0.3) is 5.91 Å². The molecule has 2 rings (SSSR count). The van der Waals surface area contributed by atoms with Crippen molar-refractivity contribution < 1.29 is 9.18 Å². The molecular weight excluding hydrogens is 313 g/mol. The predicted octanol–water partition coefficient (Wildman–Crippen LogP) is 2.62. The van der Waals surface area contributed by atoms with Crippen LogP contribution in [0.5, 0.6) is 0 Å². The Kier molecular flexibility index (Phi) is 4.21. The summed E-state index contributed by atoms with van der Waals surface area (Å²) in [6, 6.07) is 3.92. The van der Waals surface area contributed by atoms with E-state index >= 15 is 0 Å². The van der Waals surface area contributed by atoms with Gasteiger partial charge in [-0.25, -0.2) is 4.39 Å². The monoisotopic (exact) mass is 323 g/mol. The van der Waals surface area contributed by atoms with Crippen molar-refractivity contribution in [3.05, 3.63) is 57.8 Å². The van der Waals surface area contributed by atoms with Crippen LogP contribution in [-0.4, -0.2) is 15.9 Å². The molecule has 0 radical (unpaired) electrons. The van der Waals surface area contributed by atoms with Crippen molar-refractivity contribution in [2.45, 2.75) is 13.5 Å². The largest absolute Gasteiger partial charge is 0.346 e. The lowest BCUT2D eigenvalue weighted by atomic mass is 10.2. The normalized spacial score (nSPS) is 10.3. The molecule has 0 bridgehead atoms. The van der Waals surface area contributed by atoms with Gasteiger partial charge in [-0.1, -0.05) is 0 Å². The summed E-state index contributed by atoms with van der Waals surface area (Å²) in [5.41, 5.74) is 1.86. The summed E-state index contributed by atoms with van der Waals surface area (Å²) in [4.78, 5) is 20.1. The molecule has 0 aliphatic rings. The maximum atomic E-state index is 12.9. The number of halogens is 2. The summed E-state index contributed by atoms with van der Waals surface area (Å²) in [6.07, 6.45) is 3.24. The Labute approximate surface area is 118 Å². The second-order valence-electron chi connectivity index (χ2n) is 3.96. The molecule has 0 spiro atoms. The molecule has 1 amide bonds. The average Bonchev–Trinajstić information content (AvgIpc) is 2.37. The Morgan fingerprint density at radius 1 is 1.37 bits per heavy atom. The number of nitrogens with zero attached hydrogens (tertiary/aromatic N) is 2. The van der Waals surface area contributed by atoms with Crippen LogP contribution >= 0.6 is 15.9 Å². The Balaban J connectivity index is 2.03. The molecule has 6 heteroatoms. The molecule has 0 aliphatic heterocycles. The maximum Gasteiger partial charge on any atom is 0.252 e. The second kappa shape index (κ2) is 5.88. The molecule has 1 aromatic carbocycles. The van der Waals surface area contributed by atoms with Crippen LogP contribution in [0.2, 0.25) is 0 Å². The molecule has 0 unspecified atom stereocenters. The standard InChI is InChI=1S/C13H11BrFN3O/c1-8-5-17-10(6-16-8)7-18-13(19)11-3-2-9(15)4-12(11)14/h2-6H,7H2,1H3,(H,18,19). The number of hydrogen-bond donors (Lipinski definition) is 1. The van der Waals surface area contributed by atoms with Crippen molar-refractivity contribution in [2.24, 2.45) is 0 Å². The van der Waals surface area contributed by atoms with Crippen LogP contribution in [0, 0.1) is 12.7 Å². The highest BCUT2D eigenvalue weighted by Gasteiger charge is 2.10. The first kappa shape index (κ1) is 13.6. The molecule has 0 aliphatic carbocycles. The Bertz CT molecular complexity index is 601. The third-order valence-corrected chi connectivity index (χ3v) is 3.10. The fourth-order valence-electron chi connectivity index (χ4n) is 1.45. The van der Waals surface area contributed by atoms with Gasteiger partial charge in [-0.15, -0.1) is 0 Å². The number of aromatic nitrogens is 2. The minimum atomic E-state index is -0.396. The van der Waals surface area contributed by atoms with E-state index in [0.717, 1.165) is 5.69 Å². The van der Waals surface area contributed by atoms with Crippen LogP contribution in [0.1, 0.15) is 21.7 Å². The van der Waals surface area contributed by atoms with Crippen LogP contribution in [0.15, 0.2) is 35.1 Å². The summed E-state index contributed by atoms with van der Waals surface area (Å²) in [7, 11) is 0. The highest BCUT2D eigenvalue weighted by Crippen LogP contribution is 2.17. The molecule has 19 heavy (non-hydrogen) atoms. The van der Waals surface area contributed by atoms with E-state index in [-0.39, 0.29) is 12.5 Å². The summed E-state index contributed by atoms with van der Waals surface area (Å²) >= 11 is 3.15. The van der Waals surface area contributed by atoms with Gasteiger partial charge in [-0.05, 0) is 41.1 Å². The zero-order valence-corrected chi connectivity index (χ0v) is 11.7. The number of benzene rings is 1. The zero-order chi connectivity index (χ0) is 13.8. The van der Waals surface area contributed by atoms with Crippen molar-refractivity contribution >= 4 is 21.8 Å². The van der Waals surface area contributed by atoms with Gasteiger partial charge in [0.15, 0.2) is 0 Å². The quantitative estimate of drug-likeness (QED) is 0.944. The van der Waals surface area contributed by atoms with Crippen molar-refractivity contribution in [1.82, 2.24) is 15.3 Å². The van der Waals surface area contributed by atoms with Gasteiger partial charge in [0.1, 0.15) is 5.82 Å². The van der Waals surface area contributed by atoms with Crippen LogP contribution in [-0.2, 0) is 6.54 Å². The molecule has 0 saturated heterocycles. The third kappa shape index (κ3) is 3.57. The van der Waals surface area contributed by atoms with E-state index in [4.69, 9.17) is 0 Å². The maximum absolute atomic E-state index is 12.9. The van der Waals surface area contributed by atoms with E-state index in [1.54, 1.807) is 12.4 Å². The van der Waals surface area contributed by atoms with Gasteiger partial charge >= 0.3 is 0 Å². The van der Waals surface area contributed by atoms with Gasteiger partial charge in [0.2, 0.25) is 0 Å². The minimum absolute atomic E-state index is 0.274. The van der Waals surface area contributed by atoms with Crippen LogP contribution in [0.4, 0.5) is 4.39 Å². The van der Waals surface area contributed by atoms with E-state index in [1.807, 2.05) is 6.92 Å². The van der Waals surface area contributed by atoms with Gasteiger partial charge in [0.05, 0.1) is 29.7 Å². The highest BCUT2D eigenvalue weighted by atomic mass is 79.9. The summed E-state index contributed by atoms with van der Waals surface area (Å²) in [6.45, 7) is 2.11. The topological polar surface area (TPSA) is 54.9 Å². The lowest BCUT2D eigenvalue weighted by Gasteiger charge is -2.06. The van der Waals surface area contributed by atoms with Gasteiger partial charge in [-0.2, -0.15) is 0 Å². The van der Waals surface area contributed by atoms with Crippen molar-refractivity contribution in [1.29, 1.82) is 0 Å². The lowest BCUT2D eigenvalue weighted by molar-refractivity contribution is 0.0949. The van der Waals surface area contributed by atoms with Crippen LogP contribution in [0.3, 0.4) is 0 Å². The molecule has 1 N–H and O–H groups in total. The van der Waals surface area contributed by atoms with E-state index in [1.165, 1.54) is 18.2 Å². The zero-order valence-electron chi connectivity index (χ0n) is 10.2. The van der Waals surface area contributed by atoms with E-state index in [0.29, 0.717) is 15.7 Å². The fourth-order valence-corrected chi connectivity index (χ4v) is 1.98. The Morgan fingerprint density at radius 3 is 2.79 bits per heavy atom. The molecule has 0 fully saturated rings. The molecule has 0 saturated carbocycles. The van der Waals surface area contributed by atoms with Gasteiger partial charge in [-0.3, -0.25) is 14.8 Å². The SMILES string of the molecule is Cc1cnc(CNC(=O)c2ccc(F)cc2Br)cn1. The highest BCUT2D eigenvalue weighted by molar-refractivity contribution is 9.10. The van der Waals surface area contributed by atoms with Gasteiger partial charge < -0.3 is 5.32 Å². The second-order valence-corrected chi connectivity index (χ2v) is 4.81. The molecule has 2 aromatic rings. The minimum Gasteiger partial charge on any atom is -0.346 e. The van der Waals surface area contributed by atoms with Crippen molar-refractivity contribution in [3.8, 4) is 0 Å². The first-order chi connectivity index (χ1) is 9.06. The lowest BCUT2D eigenvalue weighted by Crippen LogP contribution is -2.23. The van der Waals surface area contributed by atoms with E-state index in [9.17, 15) is 9.18 Å². The smallest absolute Gasteiger partial charge is 0.252 e. The number of nitrogens with one attached hydrogen (secondary N) is 1. The first-order valence-electron chi connectivity index (χ1n) is 5.57. The fraction of sp³-hybridized carbons (Fsp3) is 0.154. The summed E-state index contributed by atoms with van der Waals surface area (Å²) in [5, 5.41) is 2.70. The Hall–Kier alpha value is -1.82. The number of amides is 1. The van der Waals surface area contributed by atoms with Crippen LogP contribution in [0.25, 0.3) is 0 Å². The number of carbonyl (C=O) groups is 1. The van der Waals surface area contributed by atoms with Gasteiger partial charge in [0, 0.05) is 10.7 Å². The molecule has 1 heterocycles. The molecule has 0 atom stereocenters. The molecule has 1 aromatic heterocycles. The average molecular weight is 324 g/mol. The summed E-state index contributed by atoms with van der Waals surface area (Å²) < 4.78 is 13.3.